The number of hydrogen-bond donors (Lipinski definition) is 2. The van der Waals surface area contributed by atoms with Crippen LogP contribution in [0.25, 0.3) is 22.2 Å². The first-order valence-electron chi connectivity index (χ1n) is 9.60. The lowest BCUT2D eigenvalue weighted by Crippen LogP contribution is -2.44. The second-order valence-corrected chi connectivity index (χ2v) is 7.63. The van der Waals surface area contributed by atoms with Crippen LogP contribution < -0.4 is 5.32 Å². The molecule has 148 valence electrons. The van der Waals surface area contributed by atoms with Crippen molar-refractivity contribution in [2.45, 2.75) is 45.4 Å². The first kappa shape index (κ1) is 18.5. The molecule has 1 aliphatic heterocycles. The van der Waals surface area contributed by atoms with Crippen molar-refractivity contribution in [2.24, 2.45) is 0 Å². The topological polar surface area (TPSA) is 78.8 Å². The normalized spacial score (nSPS) is 20.1. The van der Waals surface area contributed by atoms with E-state index in [2.05, 4.69) is 34.2 Å². The van der Waals surface area contributed by atoms with Gasteiger partial charge in [-0.1, -0.05) is 0 Å². The van der Waals surface area contributed by atoms with Crippen LogP contribution in [0.5, 0.6) is 0 Å². The van der Waals surface area contributed by atoms with Crippen molar-refractivity contribution in [3.8, 4) is 11.1 Å². The van der Waals surface area contributed by atoms with Gasteiger partial charge in [0, 0.05) is 54.6 Å². The van der Waals surface area contributed by atoms with Crippen LogP contribution in [0.2, 0.25) is 0 Å². The zero-order chi connectivity index (χ0) is 19.8. The third-order valence-electron chi connectivity index (χ3n) is 5.22. The number of nitrogens with one attached hydrogen (secondary N) is 2. The molecule has 4 rings (SSSR count). The minimum absolute atomic E-state index is 0.0856. The van der Waals surface area contributed by atoms with Crippen molar-refractivity contribution in [1.82, 2.24) is 24.6 Å². The highest BCUT2D eigenvalue weighted by molar-refractivity contribution is 5.98. The van der Waals surface area contributed by atoms with Crippen LogP contribution in [-0.4, -0.2) is 55.9 Å². The zero-order valence-electron chi connectivity index (χ0n) is 16.3. The summed E-state index contributed by atoms with van der Waals surface area (Å²) >= 11 is 0. The standard InChI is InChI=1S/C20H25FN6O/c1-12(2)25-19-15-4-6-22-20(15)23-9-16(19)14-8-24-27(10-14)18-5-7-26(13(3)28)11-17(18)21/h4,6,8-10,12,17-18H,5,7,11H2,1-3H3,(H2,22,23,25)/t17-,18-/m0/s1. The largest absolute Gasteiger partial charge is 0.382 e. The van der Waals surface area contributed by atoms with Crippen LogP contribution in [-0.2, 0) is 4.79 Å². The third-order valence-corrected chi connectivity index (χ3v) is 5.22. The van der Waals surface area contributed by atoms with E-state index in [9.17, 15) is 9.18 Å². The summed E-state index contributed by atoms with van der Waals surface area (Å²) in [4.78, 5) is 20.7. The highest BCUT2D eigenvalue weighted by Gasteiger charge is 2.32. The molecule has 0 radical (unpaired) electrons. The molecule has 3 aromatic rings. The van der Waals surface area contributed by atoms with E-state index in [4.69, 9.17) is 0 Å². The second-order valence-electron chi connectivity index (χ2n) is 7.63. The van der Waals surface area contributed by atoms with Gasteiger partial charge in [0.25, 0.3) is 0 Å². The van der Waals surface area contributed by atoms with Crippen LogP contribution >= 0.6 is 0 Å². The minimum Gasteiger partial charge on any atom is -0.382 e. The molecule has 3 aromatic heterocycles. The molecule has 8 heteroatoms. The number of carbonyl (C=O) groups excluding carboxylic acids is 1. The van der Waals surface area contributed by atoms with E-state index in [0.29, 0.717) is 13.0 Å². The molecule has 1 fully saturated rings. The summed E-state index contributed by atoms with van der Waals surface area (Å²) in [5, 5.41) is 8.95. The third kappa shape index (κ3) is 3.34. The molecule has 2 N–H and O–H groups in total. The van der Waals surface area contributed by atoms with Crippen molar-refractivity contribution in [3.05, 3.63) is 30.9 Å². The molecule has 0 unspecified atom stereocenters. The van der Waals surface area contributed by atoms with Crippen LogP contribution in [0, 0.1) is 0 Å². The molecule has 4 heterocycles. The molecule has 0 aromatic carbocycles. The zero-order valence-corrected chi connectivity index (χ0v) is 16.3. The van der Waals surface area contributed by atoms with Crippen LogP contribution in [0.15, 0.2) is 30.9 Å². The van der Waals surface area contributed by atoms with Gasteiger partial charge in [0.15, 0.2) is 0 Å². The molecule has 1 aliphatic rings. The van der Waals surface area contributed by atoms with Gasteiger partial charge in [-0.25, -0.2) is 9.37 Å². The Morgan fingerprint density at radius 3 is 2.93 bits per heavy atom. The number of hydrogen-bond acceptors (Lipinski definition) is 4. The van der Waals surface area contributed by atoms with Crippen molar-refractivity contribution < 1.29 is 9.18 Å². The first-order valence-corrected chi connectivity index (χ1v) is 9.60. The fraction of sp³-hybridized carbons (Fsp3) is 0.450. The molecule has 28 heavy (non-hydrogen) atoms. The van der Waals surface area contributed by atoms with Crippen molar-refractivity contribution in [1.29, 1.82) is 0 Å². The number of aromatic amines is 1. The quantitative estimate of drug-likeness (QED) is 0.723. The number of alkyl halides is 1. The van der Waals surface area contributed by atoms with Gasteiger partial charge >= 0.3 is 0 Å². The Morgan fingerprint density at radius 2 is 2.21 bits per heavy atom. The number of amides is 1. The highest BCUT2D eigenvalue weighted by Crippen LogP contribution is 2.35. The maximum Gasteiger partial charge on any atom is 0.219 e. The van der Waals surface area contributed by atoms with Gasteiger partial charge < -0.3 is 15.2 Å². The van der Waals surface area contributed by atoms with Crippen molar-refractivity contribution in [2.75, 3.05) is 18.4 Å². The van der Waals surface area contributed by atoms with Gasteiger partial charge in [-0.3, -0.25) is 9.48 Å². The van der Waals surface area contributed by atoms with Gasteiger partial charge in [0.1, 0.15) is 11.8 Å². The molecular weight excluding hydrogens is 359 g/mol. The number of fused-ring (bicyclic) bond motifs is 1. The smallest absolute Gasteiger partial charge is 0.219 e. The van der Waals surface area contributed by atoms with E-state index in [1.165, 1.54) is 6.92 Å². The Bertz CT molecular complexity index is 994. The van der Waals surface area contributed by atoms with E-state index < -0.39 is 6.17 Å². The number of rotatable bonds is 4. The van der Waals surface area contributed by atoms with E-state index in [1.54, 1.807) is 15.8 Å². The summed E-state index contributed by atoms with van der Waals surface area (Å²) in [6, 6.07) is 1.88. The average molecular weight is 384 g/mol. The summed E-state index contributed by atoms with van der Waals surface area (Å²) in [6.07, 6.45) is 6.73. The summed E-state index contributed by atoms with van der Waals surface area (Å²) in [7, 11) is 0. The van der Waals surface area contributed by atoms with Crippen LogP contribution in [0.1, 0.15) is 33.2 Å². The van der Waals surface area contributed by atoms with Gasteiger partial charge in [-0.05, 0) is 26.3 Å². The summed E-state index contributed by atoms with van der Waals surface area (Å²) in [5.74, 6) is -0.0856. The first-order chi connectivity index (χ1) is 13.4. The number of likely N-dealkylation sites (tertiary alicyclic amines) is 1. The number of halogens is 1. The SMILES string of the molecule is CC(=O)N1CC[C@H](n2cc(-c3cnc4[nH]ccc4c3NC(C)C)cn2)[C@@H](F)C1. The Morgan fingerprint density at radius 1 is 1.39 bits per heavy atom. The number of H-pyrrole nitrogens is 1. The molecule has 7 nitrogen and oxygen atoms in total. The lowest BCUT2D eigenvalue weighted by atomic mass is 10.0. The molecule has 0 aliphatic carbocycles. The van der Waals surface area contributed by atoms with E-state index in [0.717, 1.165) is 27.8 Å². The number of aromatic nitrogens is 4. The summed E-state index contributed by atoms with van der Waals surface area (Å²) in [6.45, 7) is 6.32. The minimum atomic E-state index is -1.14. The molecule has 0 saturated carbocycles. The van der Waals surface area contributed by atoms with Gasteiger partial charge in [0.2, 0.25) is 5.91 Å². The van der Waals surface area contributed by atoms with Crippen LogP contribution in [0.4, 0.5) is 10.1 Å². The van der Waals surface area contributed by atoms with E-state index >= 15 is 0 Å². The fourth-order valence-electron chi connectivity index (χ4n) is 3.81. The van der Waals surface area contributed by atoms with Crippen molar-refractivity contribution >= 4 is 22.6 Å². The monoisotopic (exact) mass is 384 g/mol. The second kappa shape index (κ2) is 7.26. The fourth-order valence-corrected chi connectivity index (χ4v) is 3.81. The number of carbonyl (C=O) groups is 1. The van der Waals surface area contributed by atoms with Crippen LogP contribution in [0.3, 0.4) is 0 Å². The molecule has 0 spiro atoms. The van der Waals surface area contributed by atoms with Gasteiger partial charge in [-0.2, -0.15) is 5.10 Å². The molecule has 1 saturated heterocycles. The van der Waals surface area contributed by atoms with Crippen molar-refractivity contribution in [3.63, 3.8) is 0 Å². The number of pyridine rings is 1. The lowest BCUT2D eigenvalue weighted by Gasteiger charge is -2.34. The van der Waals surface area contributed by atoms with E-state index in [1.807, 2.05) is 24.7 Å². The predicted octanol–water partition coefficient (Wildman–Crippen LogP) is 3.38. The average Bonchev–Trinajstić information content (AvgIpc) is 3.30. The lowest BCUT2D eigenvalue weighted by molar-refractivity contribution is -0.131. The predicted molar refractivity (Wildman–Crippen MR) is 107 cm³/mol. The Kier molecular flexibility index (Phi) is 4.78. The highest BCUT2D eigenvalue weighted by atomic mass is 19.1. The molecule has 2 atom stereocenters. The number of nitrogens with zero attached hydrogens (tertiary/aromatic N) is 4. The number of piperidine rings is 1. The molecular formula is C20H25FN6O. The van der Waals surface area contributed by atoms with E-state index in [-0.39, 0.29) is 24.5 Å². The van der Waals surface area contributed by atoms with Gasteiger partial charge in [0.05, 0.1) is 24.5 Å². The maximum absolute atomic E-state index is 14.7. The Balaban J connectivity index is 1.65. The van der Waals surface area contributed by atoms with Gasteiger partial charge in [-0.15, -0.1) is 0 Å². The summed E-state index contributed by atoms with van der Waals surface area (Å²) in [5.41, 5.74) is 3.63. The Labute approximate surface area is 162 Å². The molecule has 1 amide bonds. The molecule has 0 bridgehead atoms. The maximum atomic E-state index is 14.7. The Hall–Kier alpha value is -2.90. The summed E-state index contributed by atoms with van der Waals surface area (Å²) < 4.78 is 16.4. The number of anilines is 1.